The molecule has 0 heterocycles. The van der Waals surface area contributed by atoms with E-state index in [-0.39, 0.29) is 10.5 Å². The van der Waals surface area contributed by atoms with Crippen LogP contribution in [0.15, 0.2) is 77.7 Å². The first-order valence-electron chi connectivity index (χ1n) is 9.97. The van der Waals surface area contributed by atoms with Gasteiger partial charge >= 0.3 is 5.97 Å². The maximum absolute atomic E-state index is 13.0. The molecule has 33 heavy (non-hydrogen) atoms. The van der Waals surface area contributed by atoms with Gasteiger partial charge in [0.25, 0.3) is 15.9 Å². The minimum Gasteiger partial charge on any atom is -0.497 e. The summed E-state index contributed by atoms with van der Waals surface area (Å²) < 4.78 is 37.3. The largest absolute Gasteiger partial charge is 0.497 e. The fourth-order valence-electron chi connectivity index (χ4n) is 2.92. The third kappa shape index (κ3) is 5.89. The number of aryl methyl sites for hydroxylation is 1. The Morgan fingerprint density at radius 1 is 0.970 bits per heavy atom. The van der Waals surface area contributed by atoms with Gasteiger partial charge in [-0.3, -0.25) is 9.10 Å². The molecule has 9 heteroatoms. The van der Waals surface area contributed by atoms with Gasteiger partial charge in [0.15, 0.2) is 6.61 Å². The Morgan fingerprint density at radius 3 is 2.27 bits per heavy atom. The van der Waals surface area contributed by atoms with Crippen LogP contribution in [0.2, 0.25) is 0 Å². The van der Waals surface area contributed by atoms with Crippen LogP contribution >= 0.6 is 0 Å². The zero-order valence-corrected chi connectivity index (χ0v) is 19.3. The lowest BCUT2D eigenvalue weighted by Gasteiger charge is -2.20. The second-order valence-electron chi connectivity index (χ2n) is 7.19. The molecule has 0 aromatic heterocycles. The molecule has 1 amide bonds. The maximum atomic E-state index is 13.0. The molecule has 0 aliphatic carbocycles. The molecule has 0 spiro atoms. The van der Waals surface area contributed by atoms with Crippen LogP contribution in [0, 0.1) is 6.92 Å². The van der Waals surface area contributed by atoms with E-state index < -0.39 is 28.5 Å². The van der Waals surface area contributed by atoms with Gasteiger partial charge in [0.05, 0.1) is 23.3 Å². The molecule has 3 aromatic carbocycles. The number of sulfonamides is 1. The molecule has 0 aliphatic heterocycles. The van der Waals surface area contributed by atoms with Gasteiger partial charge in [-0.1, -0.05) is 23.8 Å². The zero-order chi connectivity index (χ0) is 24.0. The highest BCUT2D eigenvalue weighted by Gasteiger charge is 2.23. The molecule has 0 saturated heterocycles. The number of hydrogen-bond acceptors (Lipinski definition) is 6. The number of ether oxygens (including phenoxy) is 2. The van der Waals surface area contributed by atoms with E-state index in [1.165, 1.54) is 38.4 Å². The second-order valence-corrected chi connectivity index (χ2v) is 9.16. The van der Waals surface area contributed by atoms with E-state index in [9.17, 15) is 18.0 Å². The second kappa shape index (κ2) is 10.2. The monoisotopic (exact) mass is 468 g/mol. The van der Waals surface area contributed by atoms with Gasteiger partial charge in [-0.25, -0.2) is 13.2 Å². The first kappa shape index (κ1) is 23.8. The Balaban J connectivity index is 1.67. The molecular weight excluding hydrogens is 444 g/mol. The van der Waals surface area contributed by atoms with Crippen LogP contribution in [0.1, 0.15) is 15.9 Å². The van der Waals surface area contributed by atoms with E-state index in [0.29, 0.717) is 17.1 Å². The molecule has 172 valence electrons. The van der Waals surface area contributed by atoms with Crippen LogP contribution in [-0.2, 0) is 19.6 Å². The lowest BCUT2D eigenvalue weighted by Crippen LogP contribution is -2.26. The Hall–Kier alpha value is -3.85. The van der Waals surface area contributed by atoms with Gasteiger partial charge in [0.2, 0.25) is 0 Å². The lowest BCUT2D eigenvalue weighted by molar-refractivity contribution is -0.119. The van der Waals surface area contributed by atoms with Crippen LogP contribution in [0.5, 0.6) is 5.75 Å². The molecule has 8 nitrogen and oxygen atoms in total. The summed E-state index contributed by atoms with van der Waals surface area (Å²) in [7, 11) is -1.00. The van der Waals surface area contributed by atoms with Crippen molar-refractivity contribution in [3.8, 4) is 5.75 Å². The van der Waals surface area contributed by atoms with Crippen LogP contribution in [0.25, 0.3) is 0 Å². The summed E-state index contributed by atoms with van der Waals surface area (Å²) in [6.07, 6.45) is 0. The molecule has 0 radical (unpaired) electrons. The van der Waals surface area contributed by atoms with E-state index in [1.54, 1.807) is 36.4 Å². The molecular formula is C24H24N2O6S. The van der Waals surface area contributed by atoms with Crippen molar-refractivity contribution >= 4 is 33.3 Å². The standard InChI is InChI=1S/C24H24N2O6S/c1-17-7-9-19(10-8-17)25-23(27)16-32-24(28)18-5-4-6-22(15-18)33(29,30)26(2)20-11-13-21(31-3)14-12-20/h4-15H,16H2,1-3H3,(H,25,27). The Labute approximate surface area is 192 Å². The van der Waals surface area contributed by atoms with Crippen molar-refractivity contribution in [2.24, 2.45) is 0 Å². The number of amides is 1. The first-order chi connectivity index (χ1) is 15.7. The first-order valence-corrected chi connectivity index (χ1v) is 11.4. The summed E-state index contributed by atoms with van der Waals surface area (Å²) in [5.41, 5.74) is 2.07. The molecule has 1 N–H and O–H groups in total. The van der Waals surface area contributed by atoms with Crippen molar-refractivity contribution < 1.29 is 27.5 Å². The van der Waals surface area contributed by atoms with Crippen molar-refractivity contribution in [1.29, 1.82) is 0 Å². The van der Waals surface area contributed by atoms with Crippen molar-refractivity contribution in [3.63, 3.8) is 0 Å². The number of benzene rings is 3. The number of anilines is 2. The molecule has 0 saturated carbocycles. The van der Waals surface area contributed by atoms with E-state index in [4.69, 9.17) is 9.47 Å². The van der Waals surface area contributed by atoms with Crippen molar-refractivity contribution in [2.75, 3.05) is 30.4 Å². The highest BCUT2D eigenvalue weighted by molar-refractivity contribution is 7.92. The third-order valence-electron chi connectivity index (χ3n) is 4.83. The normalized spacial score (nSPS) is 10.9. The lowest BCUT2D eigenvalue weighted by atomic mass is 10.2. The molecule has 0 atom stereocenters. The molecule has 3 aromatic rings. The predicted molar refractivity (Wildman–Crippen MR) is 125 cm³/mol. The number of nitrogens with one attached hydrogen (secondary N) is 1. The zero-order valence-electron chi connectivity index (χ0n) is 18.4. The van der Waals surface area contributed by atoms with Crippen LogP contribution in [0.3, 0.4) is 0 Å². The summed E-state index contributed by atoms with van der Waals surface area (Å²) in [5.74, 6) is -0.714. The smallest absolute Gasteiger partial charge is 0.338 e. The van der Waals surface area contributed by atoms with Crippen molar-refractivity contribution in [1.82, 2.24) is 0 Å². The molecule has 0 aliphatic rings. The number of carbonyl (C=O) groups is 2. The minimum atomic E-state index is -3.94. The number of rotatable bonds is 8. The molecule has 0 bridgehead atoms. The predicted octanol–water partition coefficient (Wildman–Crippen LogP) is 3.62. The Kier molecular flexibility index (Phi) is 7.34. The number of methoxy groups -OCH3 is 1. The molecule has 0 fully saturated rings. The van der Waals surface area contributed by atoms with Crippen LogP contribution in [0.4, 0.5) is 11.4 Å². The SMILES string of the molecule is COc1ccc(N(C)S(=O)(=O)c2cccc(C(=O)OCC(=O)Nc3ccc(C)cc3)c2)cc1. The summed E-state index contributed by atoms with van der Waals surface area (Å²) in [6.45, 7) is 1.42. The molecule has 3 rings (SSSR count). The van der Waals surface area contributed by atoms with Crippen molar-refractivity contribution in [2.45, 2.75) is 11.8 Å². The van der Waals surface area contributed by atoms with E-state index >= 15 is 0 Å². The van der Waals surface area contributed by atoms with Gasteiger partial charge < -0.3 is 14.8 Å². The summed E-state index contributed by atoms with van der Waals surface area (Å²) in [5, 5.41) is 2.63. The molecule has 0 unspecified atom stereocenters. The Bertz CT molecular complexity index is 1240. The fraction of sp³-hybridized carbons (Fsp3) is 0.167. The number of hydrogen-bond donors (Lipinski definition) is 1. The average molecular weight is 469 g/mol. The van der Waals surface area contributed by atoms with Gasteiger partial charge in [0.1, 0.15) is 5.75 Å². The van der Waals surface area contributed by atoms with Crippen LogP contribution in [-0.4, -0.2) is 41.1 Å². The average Bonchev–Trinajstić information content (AvgIpc) is 2.83. The summed E-state index contributed by atoms with van der Waals surface area (Å²) >= 11 is 0. The maximum Gasteiger partial charge on any atom is 0.338 e. The minimum absolute atomic E-state index is 0.0161. The van der Waals surface area contributed by atoms with Gasteiger partial charge in [-0.2, -0.15) is 0 Å². The quantitative estimate of drug-likeness (QED) is 0.507. The van der Waals surface area contributed by atoms with Crippen molar-refractivity contribution in [3.05, 3.63) is 83.9 Å². The number of carbonyl (C=O) groups excluding carboxylic acids is 2. The van der Waals surface area contributed by atoms with Crippen LogP contribution < -0.4 is 14.4 Å². The summed E-state index contributed by atoms with van der Waals surface area (Å²) in [6, 6.07) is 19.2. The van der Waals surface area contributed by atoms with Gasteiger partial charge in [-0.05, 0) is 61.5 Å². The van der Waals surface area contributed by atoms with Gasteiger partial charge in [0, 0.05) is 12.7 Å². The fourth-order valence-corrected chi connectivity index (χ4v) is 4.16. The van der Waals surface area contributed by atoms with E-state index in [1.807, 2.05) is 19.1 Å². The van der Waals surface area contributed by atoms with E-state index in [0.717, 1.165) is 9.87 Å². The van der Waals surface area contributed by atoms with E-state index in [2.05, 4.69) is 5.32 Å². The third-order valence-corrected chi connectivity index (χ3v) is 6.62. The summed E-state index contributed by atoms with van der Waals surface area (Å²) in [4.78, 5) is 24.4. The number of esters is 1. The highest BCUT2D eigenvalue weighted by atomic mass is 32.2. The number of nitrogens with zero attached hydrogens (tertiary/aromatic N) is 1. The highest BCUT2D eigenvalue weighted by Crippen LogP contribution is 2.25. The van der Waals surface area contributed by atoms with Gasteiger partial charge in [-0.15, -0.1) is 0 Å². The Morgan fingerprint density at radius 2 is 1.64 bits per heavy atom. The topological polar surface area (TPSA) is 102 Å².